The molecule has 0 unspecified atom stereocenters. The molecule has 0 spiro atoms. The second-order valence-electron chi connectivity index (χ2n) is 7.58. The van der Waals surface area contributed by atoms with Crippen LogP contribution in [0.1, 0.15) is 11.1 Å². The molecule has 2 aromatic rings. The predicted octanol–water partition coefficient (Wildman–Crippen LogP) is 0.0292. The highest BCUT2D eigenvalue weighted by Gasteiger charge is 2.14. The fourth-order valence-electron chi connectivity index (χ4n) is 2.97. The van der Waals surface area contributed by atoms with Gasteiger partial charge in [-0.25, -0.2) is 9.59 Å². The Morgan fingerprint density at radius 1 is 0.806 bits per heavy atom. The minimum Gasteiger partial charge on any atom is -0.317 e. The number of aryl methyl sites for hydroxylation is 2. The van der Waals surface area contributed by atoms with Crippen molar-refractivity contribution in [3.63, 3.8) is 0 Å². The van der Waals surface area contributed by atoms with Gasteiger partial charge in [-0.2, -0.15) is 0 Å². The first kappa shape index (κ1) is 28.7. The fraction of sp³-hybridized carbons (Fsp3) is 0.364. The largest absolute Gasteiger partial charge is 0.328 e. The zero-order chi connectivity index (χ0) is 26.8. The number of carbonyl (C=O) groups excluding carboxylic acids is 2. The van der Waals surface area contributed by atoms with Crippen LogP contribution in [0.15, 0.2) is 57.1 Å². The van der Waals surface area contributed by atoms with Gasteiger partial charge in [-0.1, -0.05) is 34.7 Å². The zero-order valence-electron chi connectivity index (χ0n) is 20.0. The van der Waals surface area contributed by atoms with Gasteiger partial charge in [-0.3, -0.25) is 38.3 Å². The first-order chi connectivity index (χ1) is 17.1. The Hall–Kier alpha value is -3.52. The van der Waals surface area contributed by atoms with Crippen LogP contribution in [0.4, 0.5) is 0 Å². The SMILES string of the molecule is C=CN(CCSSCCN(C=C)C(=O)Cn1cc(C)c(=O)[nH]c1=O)C(=O)Cn1cc(C)c(=O)[nH]c1=O. The van der Waals surface area contributed by atoms with Crippen LogP contribution in [-0.4, -0.2) is 65.3 Å². The Bertz CT molecular complexity index is 1250. The molecule has 12 nitrogen and oxygen atoms in total. The molecule has 2 heterocycles. The average molecular weight is 537 g/mol. The molecule has 0 saturated heterocycles. The molecule has 0 bridgehead atoms. The molecule has 2 rings (SSSR count). The molecule has 0 saturated carbocycles. The van der Waals surface area contributed by atoms with Crippen molar-refractivity contribution < 1.29 is 9.59 Å². The highest BCUT2D eigenvalue weighted by atomic mass is 33.1. The van der Waals surface area contributed by atoms with E-state index in [1.54, 1.807) is 13.8 Å². The number of amides is 2. The van der Waals surface area contributed by atoms with E-state index in [1.165, 1.54) is 56.2 Å². The normalized spacial score (nSPS) is 10.6. The number of nitrogens with one attached hydrogen (secondary N) is 2. The molecule has 14 heteroatoms. The van der Waals surface area contributed by atoms with Crippen molar-refractivity contribution in [3.05, 3.63) is 90.8 Å². The quantitative estimate of drug-likeness (QED) is 0.269. The maximum atomic E-state index is 12.5. The molecule has 0 fully saturated rings. The molecule has 0 aromatic carbocycles. The van der Waals surface area contributed by atoms with E-state index in [2.05, 4.69) is 23.1 Å². The summed E-state index contributed by atoms with van der Waals surface area (Å²) in [4.78, 5) is 78.9. The molecule has 0 aliphatic rings. The van der Waals surface area contributed by atoms with E-state index in [9.17, 15) is 28.8 Å². The van der Waals surface area contributed by atoms with E-state index in [1.807, 2.05) is 0 Å². The maximum absolute atomic E-state index is 12.5. The molecule has 0 aliphatic carbocycles. The summed E-state index contributed by atoms with van der Waals surface area (Å²) >= 11 is 0. The molecule has 36 heavy (non-hydrogen) atoms. The fourth-order valence-corrected chi connectivity index (χ4v) is 4.90. The van der Waals surface area contributed by atoms with Gasteiger partial charge in [0.15, 0.2) is 0 Å². The number of H-pyrrole nitrogens is 2. The van der Waals surface area contributed by atoms with Gasteiger partial charge in [0.05, 0.1) is 0 Å². The Kier molecular flexibility index (Phi) is 10.8. The van der Waals surface area contributed by atoms with Crippen molar-refractivity contribution in [2.75, 3.05) is 24.6 Å². The van der Waals surface area contributed by atoms with E-state index in [0.29, 0.717) is 35.7 Å². The summed E-state index contributed by atoms with van der Waals surface area (Å²) in [6.45, 7) is 10.6. The zero-order valence-corrected chi connectivity index (χ0v) is 21.7. The summed E-state index contributed by atoms with van der Waals surface area (Å²) in [7, 11) is 2.99. The lowest BCUT2D eigenvalue weighted by atomic mass is 10.4. The summed E-state index contributed by atoms with van der Waals surface area (Å²) in [6, 6.07) is 0. The van der Waals surface area contributed by atoms with E-state index >= 15 is 0 Å². The molecule has 2 N–H and O–H groups in total. The van der Waals surface area contributed by atoms with Gasteiger partial charge >= 0.3 is 11.4 Å². The Morgan fingerprint density at radius 2 is 1.17 bits per heavy atom. The number of aromatic amines is 2. The molecular weight excluding hydrogens is 508 g/mol. The lowest BCUT2D eigenvalue weighted by Gasteiger charge is -2.19. The van der Waals surface area contributed by atoms with Gasteiger partial charge in [0.25, 0.3) is 11.1 Å². The van der Waals surface area contributed by atoms with Crippen LogP contribution >= 0.6 is 21.6 Å². The van der Waals surface area contributed by atoms with Gasteiger partial charge in [-0.15, -0.1) is 0 Å². The topological polar surface area (TPSA) is 150 Å². The first-order valence-corrected chi connectivity index (χ1v) is 13.2. The summed E-state index contributed by atoms with van der Waals surface area (Å²) in [5, 5.41) is 0. The van der Waals surface area contributed by atoms with Gasteiger partial charge in [0.1, 0.15) is 13.1 Å². The van der Waals surface area contributed by atoms with Gasteiger partial charge in [0, 0.05) is 48.1 Å². The van der Waals surface area contributed by atoms with Crippen LogP contribution in [0.2, 0.25) is 0 Å². The minimum atomic E-state index is -0.658. The van der Waals surface area contributed by atoms with Crippen LogP contribution in [-0.2, 0) is 22.7 Å². The smallest absolute Gasteiger partial charge is 0.317 e. The van der Waals surface area contributed by atoms with E-state index in [4.69, 9.17) is 0 Å². The van der Waals surface area contributed by atoms with E-state index in [0.717, 1.165) is 9.13 Å². The van der Waals surface area contributed by atoms with Crippen molar-refractivity contribution in [1.29, 1.82) is 0 Å². The summed E-state index contributed by atoms with van der Waals surface area (Å²) in [5.74, 6) is 0.437. The van der Waals surface area contributed by atoms with Gasteiger partial charge in [-0.05, 0) is 26.2 Å². The van der Waals surface area contributed by atoms with Crippen LogP contribution in [0.25, 0.3) is 0 Å². The van der Waals surface area contributed by atoms with Crippen LogP contribution in [0.5, 0.6) is 0 Å². The number of carbonyl (C=O) groups is 2. The number of aromatic nitrogens is 4. The third-order valence-corrected chi connectivity index (χ3v) is 7.35. The molecule has 0 atom stereocenters. The Morgan fingerprint density at radius 3 is 1.50 bits per heavy atom. The third kappa shape index (κ3) is 8.02. The first-order valence-electron chi connectivity index (χ1n) is 10.8. The monoisotopic (exact) mass is 536 g/mol. The number of hydrogen-bond acceptors (Lipinski definition) is 8. The maximum Gasteiger partial charge on any atom is 0.328 e. The highest BCUT2D eigenvalue weighted by Crippen LogP contribution is 2.21. The van der Waals surface area contributed by atoms with Gasteiger partial charge < -0.3 is 9.80 Å². The number of nitrogens with zero attached hydrogens (tertiary/aromatic N) is 4. The summed E-state index contributed by atoms with van der Waals surface area (Å²) in [5.41, 5.74) is -1.64. The third-order valence-electron chi connectivity index (χ3n) is 4.98. The van der Waals surface area contributed by atoms with Gasteiger partial charge in [0.2, 0.25) is 11.8 Å². The molecule has 2 amide bonds. The number of hydrogen-bond donors (Lipinski definition) is 2. The van der Waals surface area contributed by atoms with Crippen molar-refractivity contribution >= 4 is 33.4 Å². The average Bonchev–Trinajstić information content (AvgIpc) is 2.82. The van der Waals surface area contributed by atoms with E-state index in [-0.39, 0.29) is 24.9 Å². The van der Waals surface area contributed by atoms with Crippen molar-refractivity contribution in [3.8, 4) is 0 Å². The van der Waals surface area contributed by atoms with Crippen molar-refractivity contribution in [1.82, 2.24) is 28.9 Å². The number of rotatable bonds is 13. The summed E-state index contributed by atoms with van der Waals surface area (Å²) in [6.07, 6.45) is 5.45. The predicted molar refractivity (Wildman–Crippen MR) is 141 cm³/mol. The molecule has 2 aromatic heterocycles. The standard InChI is InChI=1S/C22H28N6O6S2/c1-5-25(17(29)13-27-11-15(3)19(31)23-21(27)33)7-9-35-36-10-8-26(6-2)18(30)14-28-12-16(4)20(32)24-22(28)34/h5-6,11-12H,1-2,7-10,13-14H2,3-4H3,(H,23,31,33)(H,24,32,34). The highest BCUT2D eigenvalue weighted by molar-refractivity contribution is 8.76. The van der Waals surface area contributed by atoms with Crippen LogP contribution in [0, 0.1) is 13.8 Å². The lowest BCUT2D eigenvalue weighted by Crippen LogP contribution is -2.37. The summed E-state index contributed by atoms with van der Waals surface area (Å²) < 4.78 is 2.28. The van der Waals surface area contributed by atoms with Crippen molar-refractivity contribution in [2.24, 2.45) is 0 Å². The molecule has 194 valence electrons. The van der Waals surface area contributed by atoms with E-state index < -0.39 is 22.5 Å². The second kappa shape index (κ2) is 13.5. The van der Waals surface area contributed by atoms with Crippen LogP contribution in [0.3, 0.4) is 0 Å². The minimum absolute atomic E-state index is 0.228. The molecular formula is C22H28N6O6S2. The Labute approximate surface area is 214 Å². The van der Waals surface area contributed by atoms with Crippen molar-refractivity contribution in [2.45, 2.75) is 26.9 Å². The van der Waals surface area contributed by atoms with Crippen LogP contribution < -0.4 is 22.5 Å². The lowest BCUT2D eigenvalue weighted by molar-refractivity contribution is -0.129. The second-order valence-corrected chi connectivity index (χ2v) is 10.3. The Balaban J connectivity index is 1.78. The molecule has 0 radical (unpaired) electrons. The molecule has 0 aliphatic heterocycles.